The second kappa shape index (κ2) is 6.79. The van der Waals surface area contributed by atoms with Crippen molar-refractivity contribution in [3.8, 4) is 0 Å². The third-order valence-electron chi connectivity index (χ3n) is 5.53. The van der Waals surface area contributed by atoms with Crippen molar-refractivity contribution in [2.24, 2.45) is 23.0 Å². The Morgan fingerprint density at radius 3 is 2.44 bits per heavy atom. The summed E-state index contributed by atoms with van der Waals surface area (Å²) in [5, 5.41) is 2.93. The first-order valence-corrected chi connectivity index (χ1v) is 9.18. The van der Waals surface area contributed by atoms with Gasteiger partial charge in [0.1, 0.15) is 0 Å². The van der Waals surface area contributed by atoms with E-state index >= 15 is 0 Å². The highest BCUT2D eigenvalue weighted by molar-refractivity contribution is 5.94. The van der Waals surface area contributed by atoms with Gasteiger partial charge >= 0.3 is 0 Å². The molecule has 3 unspecified atom stereocenters. The Bertz CT molecular complexity index is 648. The number of rotatable bonds is 3. The van der Waals surface area contributed by atoms with Gasteiger partial charge in [0.15, 0.2) is 0 Å². The van der Waals surface area contributed by atoms with Gasteiger partial charge in [-0.25, -0.2) is 0 Å². The fourth-order valence-electron chi connectivity index (χ4n) is 3.87. The molecule has 0 aromatic heterocycles. The zero-order chi connectivity index (χ0) is 18.2. The standard InChI is InChI=1S/C20H29N3O2/c1-20(2,3)19(25)22-10-13-4-6-14(7-5-13)18(24)23-11-15-8-9-17(21)16(15)12-23/h4-7,15-17H,8-12,21H2,1-3H3,(H,22,25). The van der Waals surface area contributed by atoms with Crippen molar-refractivity contribution in [1.82, 2.24) is 10.2 Å². The summed E-state index contributed by atoms with van der Waals surface area (Å²) in [7, 11) is 0. The molecule has 2 amide bonds. The first-order valence-electron chi connectivity index (χ1n) is 9.18. The molecule has 2 fully saturated rings. The van der Waals surface area contributed by atoms with Gasteiger partial charge in [0.25, 0.3) is 5.91 Å². The third kappa shape index (κ3) is 3.87. The maximum Gasteiger partial charge on any atom is 0.253 e. The van der Waals surface area contributed by atoms with E-state index in [9.17, 15) is 9.59 Å². The van der Waals surface area contributed by atoms with Crippen molar-refractivity contribution in [2.45, 2.75) is 46.2 Å². The molecule has 0 spiro atoms. The Balaban J connectivity index is 1.57. The minimum Gasteiger partial charge on any atom is -0.352 e. The van der Waals surface area contributed by atoms with Crippen molar-refractivity contribution >= 4 is 11.8 Å². The maximum atomic E-state index is 12.7. The monoisotopic (exact) mass is 343 g/mol. The molecule has 1 aliphatic carbocycles. The lowest BCUT2D eigenvalue weighted by Gasteiger charge is -2.19. The van der Waals surface area contributed by atoms with Crippen molar-refractivity contribution in [1.29, 1.82) is 0 Å². The Labute approximate surface area is 150 Å². The number of hydrogen-bond donors (Lipinski definition) is 2. The first kappa shape index (κ1) is 17.9. The molecule has 3 N–H and O–H groups in total. The zero-order valence-corrected chi connectivity index (χ0v) is 15.4. The number of likely N-dealkylation sites (tertiary alicyclic amines) is 1. The van der Waals surface area contributed by atoms with E-state index in [0.717, 1.165) is 31.5 Å². The van der Waals surface area contributed by atoms with Gasteiger partial charge in [-0.2, -0.15) is 0 Å². The topological polar surface area (TPSA) is 75.4 Å². The number of benzene rings is 1. The minimum atomic E-state index is -0.398. The summed E-state index contributed by atoms with van der Waals surface area (Å²) < 4.78 is 0. The number of nitrogens with one attached hydrogen (secondary N) is 1. The highest BCUT2D eigenvalue weighted by Gasteiger charge is 2.42. The largest absolute Gasteiger partial charge is 0.352 e. The van der Waals surface area contributed by atoms with E-state index in [1.807, 2.05) is 49.9 Å². The predicted octanol–water partition coefficient (Wildman–Crippen LogP) is 2.16. The van der Waals surface area contributed by atoms with Gasteiger partial charge in [-0.15, -0.1) is 0 Å². The second-order valence-electron chi connectivity index (χ2n) is 8.50. The van der Waals surface area contributed by atoms with Crippen LogP contribution in [-0.4, -0.2) is 35.8 Å². The number of hydrogen-bond acceptors (Lipinski definition) is 3. The van der Waals surface area contributed by atoms with Crippen LogP contribution < -0.4 is 11.1 Å². The Morgan fingerprint density at radius 1 is 1.16 bits per heavy atom. The summed E-state index contributed by atoms with van der Waals surface area (Å²) in [5.41, 5.74) is 7.46. The molecule has 3 atom stereocenters. The highest BCUT2D eigenvalue weighted by Crippen LogP contribution is 2.37. The normalized spacial score (nSPS) is 25.8. The minimum absolute atomic E-state index is 0.0209. The number of fused-ring (bicyclic) bond motifs is 1. The van der Waals surface area contributed by atoms with E-state index < -0.39 is 5.41 Å². The van der Waals surface area contributed by atoms with Gasteiger partial charge in [0, 0.05) is 36.7 Å². The fraction of sp³-hybridized carbons (Fsp3) is 0.600. The number of carbonyl (C=O) groups excluding carboxylic acids is 2. The SMILES string of the molecule is CC(C)(C)C(=O)NCc1ccc(C(=O)N2CC3CCC(N)C3C2)cc1. The Hall–Kier alpha value is -1.88. The fourth-order valence-corrected chi connectivity index (χ4v) is 3.87. The van der Waals surface area contributed by atoms with Crippen LogP contribution in [0.3, 0.4) is 0 Å². The molecule has 5 heteroatoms. The molecule has 1 saturated carbocycles. The van der Waals surface area contributed by atoms with Crippen LogP contribution in [0, 0.1) is 17.3 Å². The summed E-state index contributed by atoms with van der Waals surface area (Å²) in [4.78, 5) is 26.6. The number of amides is 2. The van der Waals surface area contributed by atoms with Gasteiger partial charge < -0.3 is 16.0 Å². The molecule has 136 valence electrons. The van der Waals surface area contributed by atoms with Crippen LogP contribution in [0.15, 0.2) is 24.3 Å². The summed E-state index contributed by atoms with van der Waals surface area (Å²) in [6.45, 7) is 7.77. The van der Waals surface area contributed by atoms with Crippen LogP contribution in [0.4, 0.5) is 0 Å². The molecule has 5 nitrogen and oxygen atoms in total. The van der Waals surface area contributed by atoms with Crippen LogP contribution in [0.2, 0.25) is 0 Å². The van der Waals surface area contributed by atoms with Crippen molar-refractivity contribution < 1.29 is 9.59 Å². The van der Waals surface area contributed by atoms with Crippen LogP contribution >= 0.6 is 0 Å². The van der Waals surface area contributed by atoms with E-state index in [4.69, 9.17) is 5.73 Å². The van der Waals surface area contributed by atoms with Crippen molar-refractivity contribution in [3.63, 3.8) is 0 Å². The second-order valence-corrected chi connectivity index (χ2v) is 8.50. The van der Waals surface area contributed by atoms with Gasteiger partial charge in [-0.3, -0.25) is 9.59 Å². The van der Waals surface area contributed by atoms with Crippen LogP contribution in [0.5, 0.6) is 0 Å². The van der Waals surface area contributed by atoms with Crippen molar-refractivity contribution in [2.75, 3.05) is 13.1 Å². The first-order chi connectivity index (χ1) is 11.8. The molecule has 0 radical (unpaired) electrons. The lowest BCUT2D eigenvalue weighted by molar-refractivity contribution is -0.128. The molecule has 1 heterocycles. The molecule has 1 aromatic carbocycles. The van der Waals surface area contributed by atoms with Crippen LogP contribution in [-0.2, 0) is 11.3 Å². The Morgan fingerprint density at radius 2 is 1.84 bits per heavy atom. The molecule has 1 aliphatic heterocycles. The lowest BCUT2D eigenvalue weighted by Crippen LogP contribution is -2.34. The Kier molecular flexibility index (Phi) is 4.87. The van der Waals surface area contributed by atoms with Gasteiger partial charge in [-0.1, -0.05) is 32.9 Å². The van der Waals surface area contributed by atoms with E-state index in [2.05, 4.69) is 5.32 Å². The molecule has 1 aromatic rings. The molecule has 1 saturated heterocycles. The third-order valence-corrected chi connectivity index (χ3v) is 5.53. The number of carbonyl (C=O) groups is 2. The lowest BCUT2D eigenvalue weighted by atomic mass is 9.95. The van der Waals surface area contributed by atoms with E-state index in [0.29, 0.717) is 23.9 Å². The number of nitrogens with zero attached hydrogens (tertiary/aromatic N) is 1. The summed E-state index contributed by atoms with van der Waals surface area (Å²) in [6, 6.07) is 7.79. The molecule has 0 bridgehead atoms. The maximum absolute atomic E-state index is 12.7. The van der Waals surface area contributed by atoms with Crippen LogP contribution in [0.25, 0.3) is 0 Å². The highest BCUT2D eigenvalue weighted by atomic mass is 16.2. The molecular weight excluding hydrogens is 314 g/mol. The molecule has 25 heavy (non-hydrogen) atoms. The zero-order valence-electron chi connectivity index (χ0n) is 15.4. The molecule has 3 rings (SSSR count). The van der Waals surface area contributed by atoms with Gasteiger partial charge in [0.05, 0.1) is 0 Å². The summed E-state index contributed by atoms with van der Waals surface area (Å²) >= 11 is 0. The van der Waals surface area contributed by atoms with Gasteiger partial charge in [0.2, 0.25) is 5.91 Å². The van der Waals surface area contributed by atoms with Gasteiger partial charge in [-0.05, 0) is 42.4 Å². The average Bonchev–Trinajstić information content (AvgIpc) is 3.14. The number of nitrogens with two attached hydrogens (primary N) is 1. The van der Waals surface area contributed by atoms with E-state index in [-0.39, 0.29) is 17.9 Å². The summed E-state index contributed by atoms with van der Waals surface area (Å²) in [6.07, 6.45) is 2.23. The average molecular weight is 343 g/mol. The van der Waals surface area contributed by atoms with Crippen LogP contribution in [0.1, 0.15) is 49.5 Å². The van der Waals surface area contributed by atoms with E-state index in [1.165, 1.54) is 0 Å². The van der Waals surface area contributed by atoms with E-state index in [1.54, 1.807) is 0 Å². The van der Waals surface area contributed by atoms with Crippen molar-refractivity contribution in [3.05, 3.63) is 35.4 Å². The molecule has 2 aliphatic rings. The smallest absolute Gasteiger partial charge is 0.253 e. The quantitative estimate of drug-likeness (QED) is 0.883. The summed E-state index contributed by atoms with van der Waals surface area (Å²) in [5.74, 6) is 1.15. The predicted molar refractivity (Wildman–Crippen MR) is 97.8 cm³/mol. The molecular formula is C20H29N3O2.